The van der Waals surface area contributed by atoms with E-state index in [0.717, 1.165) is 31.4 Å². The van der Waals surface area contributed by atoms with Gasteiger partial charge in [0.15, 0.2) is 0 Å². The Hall–Kier alpha value is -1.75. The lowest BCUT2D eigenvalue weighted by molar-refractivity contribution is 0.0956. The molecule has 0 heterocycles. The third-order valence-electron chi connectivity index (χ3n) is 3.92. The third-order valence-corrected chi connectivity index (χ3v) is 3.92. The molecule has 1 saturated carbocycles. The fourth-order valence-electron chi connectivity index (χ4n) is 2.73. The van der Waals surface area contributed by atoms with E-state index in [1.165, 1.54) is 0 Å². The first-order valence-electron chi connectivity index (χ1n) is 7.17. The number of hydrogen-bond donors (Lipinski definition) is 4. The summed E-state index contributed by atoms with van der Waals surface area (Å²) >= 11 is 0. The second-order valence-corrected chi connectivity index (χ2v) is 5.43. The van der Waals surface area contributed by atoms with Crippen molar-refractivity contribution in [3.8, 4) is 0 Å². The first-order valence-corrected chi connectivity index (χ1v) is 7.17. The molecular formula is C15H23N3O2. The Morgan fingerprint density at radius 3 is 2.70 bits per heavy atom. The van der Waals surface area contributed by atoms with Crippen molar-refractivity contribution in [3.63, 3.8) is 0 Å². The van der Waals surface area contributed by atoms with Crippen LogP contribution in [0.4, 0.5) is 11.4 Å². The molecule has 1 aromatic rings. The molecule has 5 heteroatoms. The van der Waals surface area contributed by atoms with E-state index in [1.54, 1.807) is 18.2 Å². The normalized spacial score (nSPS) is 16.9. The molecule has 0 radical (unpaired) electrons. The predicted octanol–water partition coefficient (Wildman–Crippen LogP) is 1.74. The molecule has 5 nitrogen and oxygen atoms in total. The first-order chi connectivity index (χ1) is 9.60. The highest BCUT2D eigenvalue weighted by Gasteiger charge is 2.33. The highest BCUT2D eigenvalue weighted by Crippen LogP contribution is 2.34. The van der Waals surface area contributed by atoms with E-state index < -0.39 is 0 Å². The van der Waals surface area contributed by atoms with Crippen LogP contribution in [0.3, 0.4) is 0 Å². The lowest BCUT2D eigenvalue weighted by atomic mass is 9.98. The Morgan fingerprint density at radius 2 is 2.10 bits per heavy atom. The first kappa shape index (κ1) is 14.7. The number of anilines is 2. The number of rotatable bonds is 5. The van der Waals surface area contributed by atoms with Crippen LogP contribution in [-0.4, -0.2) is 29.7 Å². The van der Waals surface area contributed by atoms with Crippen LogP contribution in [0.1, 0.15) is 43.0 Å². The molecule has 1 aliphatic rings. The van der Waals surface area contributed by atoms with Crippen LogP contribution in [0.5, 0.6) is 0 Å². The van der Waals surface area contributed by atoms with Gasteiger partial charge in [0.25, 0.3) is 5.91 Å². The number of nitrogen functional groups attached to an aromatic ring is 1. The van der Waals surface area contributed by atoms with Gasteiger partial charge in [-0.15, -0.1) is 0 Å². The van der Waals surface area contributed by atoms with E-state index in [2.05, 4.69) is 10.6 Å². The Labute approximate surface area is 119 Å². The van der Waals surface area contributed by atoms with Gasteiger partial charge >= 0.3 is 0 Å². The summed E-state index contributed by atoms with van der Waals surface area (Å²) < 4.78 is 0. The lowest BCUT2D eigenvalue weighted by Crippen LogP contribution is -2.39. The number of amides is 1. The summed E-state index contributed by atoms with van der Waals surface area (Å²) in [6, 6.07) is 5.20. The van der Waals surface area contributed by atoms with Crippen molar-refractivity contribution in [3.05, 3.63) is 23.8 Å². The SMILES string of the molecule is CCNC(=O)c1ccc(N)c(NC2(CO)CCCC2)c1. The minimum absolute atomic E-state index is 0.0812. The number of hydrogen-bond acceptors (Lipinski definition) is 4. The molecule has 0 aromatic heterocycles. The van der Waals surface area contributed by atoms with Gasteiger partial charge in [-0.2, -0.15) is 0 Å². The van der Waals surface area contributed by atoms with Gasteiger partial charge < -0.3 is 21.5 Å². The molecule has 1 aliphatic carbocycles. The van der Waals surface area contributed by atoms with Crippen LogP contribution < -0.4 is 16.4 Å². The largest absolute Gasteiger partial charge is 0.397 e. The van der Waals surface area contributed by atoms with Gasteiger partial charge in [-0.05, 0) is 38.0 Å². The van der Waals surface area contributed by atoms with Gasteiger partial charge in [0, 0.05) is 12.1 Å². The minimum atomic E-state index is -0.298. The summed E-state index contributed by atoms with van der Waals surface area (Å²) in [5.41, 5.74) is 7.58. The highest BCUT2D eigenvalue weighted by molar-refractivity contribution is 5.96. The number of aliphatic hydroxyl groups excluding tert-OH is 1. The number of nitrogens with one attached hydrogen (secondary N) is 2. The Kier molecular flexibility index (Phi) is 4.49. The summed E-state index contributed by atoms with van der Waals surface area (Å²) in [5, 5.41) is 15.8. The third kappa shape index (κ3) is 3.04. The maximum atomic E-state index is 11.9. The van der Waals surface area contributed by atoms with E-state index in [0.29, 0.717) is 17.8 Å². The molecule has 20 heavy (non-hydrogen) atoms. The van der Waals surface area contributed by atoms with Crippen LogP contribution in [0.25, 0.3) is 0 Å². The van der Waals surface area contributed by atoms with Crippen molar-refractivity contribution in [1.82, 2.24) is 5.32 Å². The minimum Gasteiger partial charge on any atom is -0.397 e. The summed E-state index contributed by atoms with van der Waals surface area (Å²) in [5.74, 6) is -0.111. The van der Waals surface area contributed by atoms with Crippen molar-refractivity contribution in [2.75, 3.05) is 24.2 Å². The maximum absolute atomic E-state index is 11.9. The van der Waals surface area contributed by atoms with Crippen LogP contribution >= 0.6 is 0 Å². The zero-order valence-corrected chi connectivity index (χ0v) is 11.9. The summed E-state index contributed by atoms with van der Waals surface area (Å²) in [7, 11) is 0. The van der Waals surface area contributed by atoms with Crippen molar-refractivity contribution >= 4 is 17.3 Å². The quantitative estimate of drug-likeness (QED) is 0.617. The van der Waals surface area contributed by atoms with Gasteiger partial charge in [-0.25, -0.2) is 0 Å². The molecule has 1 amide bonds. The highest BCUT2D eigenvalue weighted by atomic mass is 16.3. The van der Waals surface area contributed by atoms with Gasteiger partial charge in [0.05, 0.1) is 23.5 Å². The Balaban J connectivity index is 2.22. The zero-order chi connectivity index (χ0) is 14.6. The second-order valence-electron chi connectivity index (χ2n) is 5.43. The van der Waals surface area contributed by atoms with Crippen LogP contribution in [0.15, 0.2) is 18.2 Å². The number of aliphatic hydroxyl groups is 1. The molecule has 2 rings (SSSR count). The standard InChI is InChI=1S/C15H23N3O2/c1-2-17-14(20)11-5-6-12(16)13(9-11)18-15(10-19)7-3-4-8-15/h5-6,9,18-19H,2-4,7-8,10,16H2,1H3,(H,17,20). The molecule has 110 valence electrons. The smallest absolute Gasteiger partial charge is 0.251 e. The van der Waals surface area contributed by atoms with Gasteiger partial charge in [0.1, 0.15) is 0 Å². The van der Waals surface area contributed by atoms with Crippen LogP contribution in [0, 0.1) is 0 Å². The van der Waals surface area contributed by atoms with Crippen molar-refractivity contribution < 1.29 is 9.90 Å². The Morgan fingerprint density at radius 1 is 1.40 bits per heavy atom. The second kappa shape index (κ2) is 6.13. The molecule has 0 spiro atoms. The molecule has 0 saturated heterocycles. The number of carbonyl (C=O) groups is 1. The Bertz CT molecular complexity index is 482. The maximum Gasteiger partial charge on any atom is 0.251 e. The van der Waals surface area contributed by atoms with Gasteiger partial charge in [-0.3, -0.25) is 4.79 Å². The van der Waals surface area contributed by atoms with E-state index >= 15 is 0 Å². The zero-order valence-electron chi connectivity index (χ0n) is 11.9. The van der Waals surface area contributed by atoms with Crippen molar-refractivity contribution in [1.29, 1.82) is 0 Å². The molecule has 1 aromatic carbocycles. The molecule has 5 N–H and O–H groups in total. The molecule has 0 unspecified atom stereocenters. The van der Waals surface area contributed by atoms with E-state index in [-0.39, 0.29) is 18.1 Å². The number of nitrogens with two attached hydrogens (primary N) is 1. The van der Waals surface area contributed by atoms with Crippen LogP contribution in [-0.2, 0) is 0 Å². The number of carbonyl (C=O) groups excluding carboxylic acids is 1. The fraction of sp³-hybridized carbons (Fsp3) is 0.533. The topological polar surface area (TPSA) is 87.4 Å². The molecule has 1 fully saturated rings. The lowest BCUT2D eigenvalue weighted by Gasteiger charge is -2.30. The molecule has 0 atom stereocenters. The summed E-state index contributed by atoms with van der Waals surface area (Å²) in [6.07, 6.45) is 4.05. The monoisotopic (exact) mass is 277 g/mol. The predicted molar refractivity (Wildman–Crippen MR) is 80.8 cm³/mol. The van der Waals surface area contributed by atoms with E-state index in [4.69, 9.17) is 5.73 Å². The van der Waals surface area contributed by atoms with Crippen molar-refractivity contribution in [2.45, 2.75) is 38.1 Å². The number of benzene rings is 1. The fourth-order valence-corrected chi connectivity index (χ4v) is 2.73. The molecule has 0 bridgehead atoms. The average molecular weight is 277 g/mol. The van der Waals surface area contributed by atoms with Gasteiger partial charge in [-0.1, -0.05) is 12.8 Å². The molecule has 0 aliphatic heterocycles. The van der Waals surface area contributed by atoms with E-state index in [9.17, 15) is 9.90 Å². The summed E-state index contributed by atoms with van der Waals surface area (Å²) in [4.78, 5) is 11.9. The summed E-state index contributed by atoms with van der Waals surface area (Å²) in [6.45, 7) is 2.55. The van der Waals surface area contributed by atoms with Gasteiger partial charge in [0.2, 0.25) is 0 Å². The average Bonchev–Trinajstić information content (AvgIpc) is 2.91. The van der Waals surface area contributed by atoms with E-state index in [1.807, 2.05) is 6.92 Å². The van der Waals surface area contributed by atoms with Crippen molar-refractivity contribution in [2.24, 2.45) is 0 Å². The van der Waals surface area contributed by atoms with Crippen LogP contribution in [0.2, 0.25) is 0 Å². The molecular weight excluding hydrogens is 254 g/mol.